The van der Waals surface area contributed by atoms with Crippen molar-refractivity contribution in [2.24, 2.45) is 0 Å². The highest BCUT2D eigenvalue weighted by molar-refractivity contribution is 5.85. The number of hydrogen-bond donors (Lipinski definition) is 2. The minimum atomic E-state index is -0.130. The molecular formula is C15H21N3O2. The van der Waals surface area contributed by atoms with Crippen LogP contribution in [0, 0.1) is 0 Å². The molecule has 5 nitrogen and oxygen atoms in total. The molecule has 1 aliphatic carbocycles. The van der Waals surface area contributed by atoms with Gasteiger partial charge in [-0.1, -0.05) is 30.3 Å². The van der Waals surface area contributed by atoms with Gasteiger partial charge in [-0.15, -0.1) is 0 Å². The molecular weight excluding hydrogens is 254 g/mol. The number of carbonyl (C=O) groups excluding carboxylic acids is 2. The fourth-order valence-electron chi connectivity index (χ4n) is 1.94. The molecule has 1 aromatic rings. The Labute approximate surface area is 119 Å². The Kier molecular flexibility index (Phi) is 5.12. The minimum absolute atomic E-state index is 0.0640. The maximum absolute atomic E-state index is 11.7. The summed E-state index contributed by atoms with van der Waals surface area (Å²) in [5.74, 6) is -0.235. The molecule has 0 bridgehead atoms. The normalized spacial score (nSPS) is 14.1. The highest BCUT2D eigenvalue weighted by atomic mass is 16.2. The molecule has 0 aliphatic heterocycles. The van der Waals surface area contributed by atoms with Crippen LogP contribution < -0.4 is 10.6 Å². The van der Waals surface area contributed by atoms with Crippen molar-refractivity contribution in [2.75, 3.05) is 20.1 Å². The molecule has 108 valence electrons. The first kappa shape index (κ1) is 14.5. The summed E-state index contributed by atoms with van der Waals surface area (Å²) in [5, 5.41) is 5.47. The van der Waals surface area contributed by atoms with E-state index in [4.69, 9.17) is 0 Å². The molecule has 0 spiro atoms. The van der Waals surface area contributed by atoms with Gasteiger partial charge in [-0.25, -0.2) is 0 Å². The van der Waals surface area contributed by atoms with E-state index in [9.17, 15) is 9.59 Å². The van der Waals surface area contributed by atoms with E-state index < -0.39 is 0 Å². The average Bonchev–Trinajstić information content (AvgIpc) is 3.21. The predicted octanol–water partition coefficient (Wildman–Crippen LogP) is 0.513. The van der Waals surface area contributed by atoms with Crippen LogP contribution in [0.3, 0.4) is 0 Å². The molecule has 20 heavy (non-hydrogen) atoms. The first-order valence-corrected chi connectivity index (χ1v) is 6.92. The lowest BCUT2D eigenvalue weighted by Gasteiger charge is -2.16. The highest BCUT2D eigenvalue weighted by Gasteiger charge is 2.23. The molecule has 0 radical (unpaired) electrons. The van der Waals surface area contributed by atoms with Gasteiger partial charge in [0, 0.05) is 12.6 Å². The lowest BCUT2D eigenvalue weighted by molar-refractivity contribution is -0.126. The molecule has 0 aromatic heterocycles. The van der Waals surface area contributed by atoms with Gasteiger partial charge < -0.3 is 10.6 Å². The predicted molar refractivity (Wildman–Crippen MR) is 77.0 cm³/mol. The van der Waals surface area contributed by atoms with E-state index in [0.29, 0.717) is 12.6 Å². The average molecular weight is 275 g/mol. The molecule has 2 N–H and O–H groups in total. The summed E-state index contributed by atoms with van der Waals surface area (Å²) in [6.07, 6.45) is 2.11. The van der Waals surface area contributed by atoms with Gasteiger partial charge in [0.1, 0.15) is 0 Å². The number of amides is 2. The van der Waals surface area contributed by atoms with Gasteiger partial charge >= 0.3 is 0 Å². The first-order valence-electron chi connectivity index (χ1n) is 6.92. The van der Waals surface area contributed by atoms with Gasteiger partial charge in [0.05, 0.1) is 13.1 Å². The van der Waals surface area contributed by atoms with Crippen LogP contribution in [0.25, 0.3) is 0 Å². The topological polar surface area (TPSA) is 61.4 Å². The zero-order valence-corrected chi connectivity index (χ0v) is 11.8. The second-order valence-electron chi connectivity index (χ2n) is 5.28. The van der Waals surface area contributed by atoms with E-state index >= 15 is 0 Å². The van der Waals surface area contributed by atoms with Crippen LogP contribution in [0.4, 0.5) is 0 Å². The number of rotatable bonds is 7. The molecule has 5 heteroatoms. The maximum atomic E-state index is 11.7. The van der Waals surface area contributed by atoms with Crippen LogP contribution in [0.1, 0.15) is 18.4 Å². The van der Waals surface area contributed by atoms with Crippen molar-refractivity contribution < 1.29 is 9.59 Å². The molecule has 1 aliphatic rings. The fourth-order valence-corrected chi connectivity index (χ4v) is 1.94. The van der Waals surface area contributed by atoms with Crippen molar-refractivity contribution in [2.45, 2.75) is 25.4 Å². The van der Waals surface area contributed by atoms with Crippen molar-refractivity contribution in [1.29, 1.82) is 0 Å². The van der Waals surface area contributed by atoms with Crippen molar-refractivity contribution >= 4 is 11.8 Å². The second kappa shape index (κ2) is 7.05. The Morgan fingerprint density at radius 3 is 2.55 bits per heavy atom. The van der Waals surface area contributed by atoms with E-state index in [1.165, 1.54) is 0 Å². The van der Waals surface area contributed by atoms with Gasteiger partial charge in [0.2, 0.25) is 11.8 Å². The summed E-state index contributed by atoms with van der Waals surface area (Å²) in [7, 11) is 1.89. The third-order valence-corrected chi connectivity index (χ3v) is 3.10. The number of nitrogens with one attached hydrogen (secondary N) is 2. The van der Waals surface area contributed by atoms with Crippen LogP contribution in [-0.2, 0) is 16.1 Å². The summed E-state index contributed by atoms with van der Waals surface area (Å²) in [5.41, 5.74) is 1.16. The number of likely N-dealkylation sites (N-methyl/N-ethyl adjacent to an activating group) is 1. The van der Waals surface area contributed by atoms with Crippen LogP contribution in [0.15, 0.2) is 30.3 Å². The molecule has 0 heterocycles. The largest absolute Gasteiger partial charge is 0.352 e. The fraction of sp³-hybridized carbons (Fsp3) is 0.467. The standard InChI is InChI=1S/C15H21N3O2/c1-18(10-12-5-3-2-4-6-12)11-15(20)16-9-14(19)17-13-7-8-13/h2-6,13H,7-11H2,1H3,(H,16,20)(H,17,19). The van der Waals surface area contributed by atoms with E-state index in [1.807, 2.05) is 42.3 Å². The molecule has 2 amide bonds. The van der Waals surface area contributed by atoms with Gasteiger partial charge in [0.25, 0.3) is 0 Å². The summed E-state index contributed by atoms with van der Waals surface area (Å²) in [6, 6.07) is 10.3. The monoisotopic (exact) mass is 275 g/mol. The molecule has 0 unspecified atom stereocenters. The second-order valence-corrected chi connectivity index (χ2v) is 5.28. The quantitative estimate of drug-likeness (QED) is 0.762. The van der Waals surface area contributed by atoms with Crippen LogP contribution >= 0.6 is 0 Å². The minimum Gasteiger partial charge on any atom is -0.352 e. The summed E-state index contributed by atoms with van der Waals surface area (Å²) >= 11 is 0. The molecule has 1 fully saturated rings. The SMILES string of the molecule is CN(CC(=O)NCC(=O)NC1CC1)Cc1ccccc1. The third-order valence-electron chi connectivity index (χ3n) is 3.10. The van der Waals surface area contributed by atoms with Crippen LogP contribution in [0.5, 0.6) is 0 Å². The number of hydrogen-bond acceptors (Lipinski definition) is 3. The van der Waals surface area contributed by atoms with E-state index in [-0.39, 0.29) is 24.9 Å². The molecule has 0 saturated heterocycles. The van der Waals surface area contributed by atoms with Gasteiger partial charge in [-0.2, -0.15) is 0 Å². The van der Waals surface area contributed by atoms with E-state index in [1.54, 1.807) is 0 Å². The first-order chi connectivity index (χ1) is 9.63. The zero-order valence-electron chi connectivity index (χ0n) is 11.8. The Hall–Kier alpha value is -1.88. The molecule has 2 rings (SSSR count). The van der Waals surface area contributed by atoms with E-state index in [2.05, 4.69) is 10.6 Å². The lowest BCUT2D eigenvalue weighted by Crippen LogP contribution is -2.41. The Balaban J connectivity index is 1.64. The van der Waals surface area contributed by atoms with Crippen LogP contribution in [0.2, 0.25) is 0 Å². The van der Waals surface area contributed by atoms with Gasteiger partial charge in [-0.3, -0.25) is 14.5 Å². The molecule has 1 aromatic carbocycles. The Bertz CT molecular complexity index is 457. The summed E-state index contributed by atoms with van der Waals surface area (Å²) < 4.78 is 0. The zero-order chi connectivity index (χ0) is 14.4. The van der Waals surface area contributed by atoms with Crippen molar-refractivity contribution in [3.05, 3.63) is 35.9 Å². The molecule has 1 saturated carbocycles. The number of nitrogens with zero attached hydrogens (tertiary/aromatic N) is 1. The summed E-state index contributed by atoms with van der Waals surface area (Å²) in [4.78, 5) is 25.1. The number of benzene rings is 1. The van der Waals surface area contributed by atoms with E-state index in [0.717, 1.165) is 18.4 Å². The Morgan fingerprint density at radius 2 is 1.90 bits per heavy atom. The van der Waals surface area contributed by atoms with Crippen molar-refractivity contribution in [3.63, 3.8) is 0 Å². The smallest absolute Gasteiger partial charge is 0.239 e. The van der Waals surface area contributed by atoms with Gasteiger partial charge in [0.15, 0.2) is 0 Å². The maximum Gasteiger partial charge on any atom is 0.239 e. The highest BCUT2D eigenvalue weighted by Crippen LogP contribution is 2.18. The Morgan fingerprint density at radius 1 is 1.20 bits per heavy atom. The molecule has 0 atom stereocenters. The summed E-state index contributed by atoms with van der Waals surface area (Å²) in [6.45, 7) is 1.06. The van der Waals surface area contributed by atoms with Crippen molar-refractivity contribution in [3.8, 4) is 0 Å². The van der Waals surface area contributed by atoms with Crippen LogP contribution in [-0.4, -0.2) is 42.9 Å². The number of carbonyl (C=O) groups is 2. The van der Waals surface area contributed by atoms with Crippen molar-refractivity contribution in [1.82, 2.24) is 15.5 Å². The third kappa shape index (κ3) is 5.40. The lowest BCUT2D eigenvalue weighted by atomic mass is 10.2. The van der Waals surface area contributed by atoms with Gasteiger partial charge in [-0.05, 0) is 25.5 Å².